The molecule has 0 aliphatic heterocycles. The molecule has 0 N–H and O–H groups in total. The van der Waals surface area contributed by atoms with Crippen LogP contribution in [0.2, 0.25) is 0 Å². The lowest BCUT2D eigenvalue weighted by molar-refractivity contribution is -0.166. The van der Waals surface area contributed by atoms with Crippen LogP contribution in [0, 0.1) is 0 Å². The van der Waals surface area contributed by atoms with E-state index in [-0.39, 0.29) is 31.6 Å². The summed E-state index contributed by atoms with van der Waals surface area (Å²) in [5.41, 5.74) is 0. The number of carbonyl (C=O) groups is 3. The van der Waals surface area contributed by atoms with E-state index in [0.29, 0.717) is 12.8 Å². The van der Waals surface area contributed by atoms with Gasteiger partial charge in [0.2, 0.25) is 0 Å². The van der Waals surface area contributed by atoms with Gasteiger partial charge in [0.25, 0.3) is 0 Å². The van der Waals surface area contributed by atoms with Crippen LogP contribution in [-0.4, -0.2) is 37.2 Å². The molecule has 0 spiro atoms. The summed E-state index contributed by atoms with van der Waals surface area (Å²) in [6.45, 7) is 6.33. The molecule has 6 nitrogen and oxygen atoms in total. The average Bonchev–Trinajstić information content (AvgIpc) is 3.46. The van der Waals surface area contributed by atoms with Gasteiger partial charge in [-0.3, -0.25) is 14.4 Å². The van der Waals surface area contributed by atoms with Gasteiger partial charge < -0.3 is 14.2 Å². The normalized spacial score (nSPS) is 13.1. The van der Waals surface area contributed by atoms with Gasteiger partial charge in [-0.2, -0.15) is 0 Å². The van der Waals surface area contributed by atoms with Crippen LogP contribution >= 0.6 is 0 Å². The largest absolute Gasteiger partial charge is 0.462 e. The third-order valence-corrected chi connectivity index (χ3v) is 13.6. The number of unbranched alkanes of at least 4 members (excludes halogenated alkanes) is 24. The summed E-state index contributed by atoms with van der Waals surface area (Å²) in [6, 6.07) is 0. The Bertz CT molecular complexity index is 1750. The van der Waals surface area contributed by atoms with E-state index in [9.17, 15) is 14.4 Å². The van der Waals surface area contributed by atoms with Crippen molar-refractivity contribution in [3.05, 3.63) is 146 Å². The minimum absolute atomic E-state index is 0.117. The summed E-state index contributed by atoms with van der Waals surface area (Å²) >= 11 is 0. The lowest BCUT2D eigenvalue weighted by Crippen LogP contribution is -2.30. The molecule has 6 heteroatoms. The fraction of sp³-hybridized carbons (Fsp3) is 0.635. The first-order chi connectivity index (χ1) is 39.5. The molecule has 0 radical (unpaired) electrons. The van der Waals surface area contributed by atoms with Crippen LogP contribution in [0.25, 0.3) is 0 Å². The first kappa shape index (κ1) is 75.3. The molecule has 0 bridgehead atoms. The second-order valence-electron chi connectivity index (χ2n) is 21.3. The van der Waals surface area contributed by atoms with Crippen molar-refractivity contribution in [2.24, 2.45) is 0 Å². The van der Waals surface area contributed by atoms with E-state index >= 15 is 0 Å². The summed E-state index contributed by atoms with van der Waals surface area (Å²) < 4.78 is 16.8. The van der Waals surface area contributed by atoms with Crippen molar-refractivity contribution in [1.82, 2.24) is 0 Å². The Morgan fingerprint density at radius 1 is 0.275 bits per heavy atom. The molecular weight excluding hydrogens is 985 g/mol. The second-order valence-corrected chi connectivity index (χ2v) is 21.3. The predicted molar refractivity (Wildman–Crippen MR) is 348 cm³/mol. The van der Waals surface area contributed by atoms with Crippen molar-refractivity contribution in [1.29, 1.82) is 0 Å². The zero-order valence-electron chi connectivity index (χ0n) is 51.8. The molecule has 0 heterocycles. The highest BCUT2D eigenvalue weighted by Crippen LogP contribution is 2.16. The molecule has 0 rings (SSSR count). The molecule has 1 unspecified atom stereocenters. The highest BCUT2D eigenvalue weighted by Gasteiger charge is 2.19. The molecule has 1 atom stereocenters. The predicted octanol–water partition coefficient (Wildman–Crippen LogP) is 22.7. The van der Waals surface area contributed by atoms with Crippen LogP contribution in [0.5, 0.6) is 0 Å². The number of rotatable bonds is 58. The Morgan fingerprint density at radius 2 is 0.537 bits per heavy atom. The molecule has 80 heavy (non-hydrogen) atoms. The minimum atomic E-state index is -0.828. The van der Waals surface area contributed by atoms with E-state index in [0.717, 1.165) is 122 Å². The highest BCUT2D eigenvalue weighted by molar-refractivity contribution is 5.72. The van der Waals surface area contributed by atoms with Crippen molar-refractivity contribution in [3.8, 4) is 0 Å². The standard InChI is InChI=1S/C74H120O6/c1-4-7-10-13-16-19-22-25-28-30-32-33-34-35-36-37-38-39-40-41-42-44-46-49-52-55-58-61-64-67-73(76)79-70-71(69-78-72(75)66-63-60-57-54-51-48-45-27-24-21-18-15-12-9-6-3)80-74(77)68-65-62-59-56-53-50-47-43-31-29-26-23-20-17-14-11-8-5-2/h7,9-10,12,16,18-19,21,25,27-28,32-33,35-36,38-39,41-42,45,51,54,60,63,71H,4-6,8,11,13-15,17,20,22-24,26,29-31,34,37,40,43-44,46-50,52-53,55-59,61-62,64-70H2,1-3H3/b10-7-,12-9-,19-16-,21-18-,28-25-,33-32-,36-35-,39-38-,42-41-,45-27-,54-51-,63-60-. The van der Waals surface area contributed by atoms with Crippen LogP contribution in [0.1, 0.15) is 284 Å². The van der Waals surface area contributed by atoms with Crippen LogP contribution in [0.4, 0.5) is 0 Å². The fourth-order valence-electron chi connectivity index (χ4n) is 8.79. The Kier molecular flexibility index (Phi) is 62.9. The number of esters is 3. The Hall–Kier alpha value is -4.71. The van der Waals surface area contributed by atoms with Gasteiger partial charge in [0.1, 0.15) is 13.2 Å². The van der Waals surface area contributed by atoms with E-state index < -0.39 is 12.1 Å². The van der Waals surface area contributed by atoms with Crippen molar-refractivity contribution in [2.75, 3.05) is 13.2 Å². The number of carbonyl (C=O) groups excluding carboxylic acids is 3. The Morgan fingerprint density at radius 3 is 0.875 bits per heavy atom. The molecular formula is C74H120O6. The van der Waals surface area contributed by atoms with Crippen molar-refractivity contribution in [2.45, 2.75) is 290 Å². The number of hydrogen-bond acceptors (Lipinski definition) is 6. The van der Waals surface area contributed by atoms with Gasteiger partial charge in [0.05, 0.1) is 6.42 Å². The van der Waals surface area contributed by atoms with Gasteiger partial charge in [0, 0.05) is 12.8 Å². The summed E-state index contributed by atoms with van der Waals surface area (Å²) in [5.74, 6) is -1.06. The maximum atomic E-state index is 12.9. The first-order valence-electron chi connectivity index (χ1n) is 32.8. The number of ether oxygens (including phenoxy) is 3. The molecule has 0 aliphatic carbocycles. The van der Waals surface area contributed by atoms with Gasteiger partial charge >= 0.3 is 17.9 Å². The van der Waals surface area contributed by atoms with E-state index in [1.54, 1.807) is 6.08 Å². The first-order valence-corrected chi connectivity index (χ1v) is 32.8. The Labute approximate surface area is 493 Å². The number of hydrogen-bond donors (Lipinski definition) is 0. The maximum absolute atomic E-state index is 12.9. The summed E-state index contributed by atoms with van der Waals surface area (Å²) in [4.78, 5) is 38.3. The molecule has 0 saturated heterocycles. The lowest BCUT2D eigenvalue weighted by Gasteiger charge is -2.18. The second kappa shape index (κ2) is 66.8. The summed E-state index contributed by atoms with van der Waals surface area (Å²) in [5, 5.41) is 0. The summed E-state index contributed by atoms with van der Waals surface area (Å²) in [7, 11) is 0. The quantitative estimate of drug-likeness (QED) is 0.0261. The van der Waals surface area contributed by atoms with Crippen molar-refractivity contribution < 1.29 is 28.6 Å². The number of allylic oxidation sites excluding steroid dienone is 23. The van der Waals surface area contributed by atoms with Gasteiger partial charge in [0.15, 0.2) is 6.10 Å². The van der Waals surface area contributed by atoms with Gasteiger partial charge in [-0.15, -0.1) is 0 Å². The van der Waals surface area contributed by atoms with Crippen LogP contribution in [0.15, 0.2) is 146 Å². The van der Waals surface area contributed by atoms with Gasteiger partial charge in [-0.25, -0.2) is 0 Å². The van der Waals surface area contributed by atoms with Crippen molar-refractivity contribution >= 4 is 17.9 Å². The minimum Gasteiger partial charge on any atom is -0.462 e. The topological polar surface area (TPSA) is 78.9 Å². The monoisotopic (exact) mass is 1100 g/mol. The lowest BCUT2D eigenvalue weighted by atomic mass is 10.0. The fourth-order valence-corrected chi connectivity index (χ4v) is 8.79. The zero-order chi connectivity index (χ0) is 57.8. The van der Waals surface area contributed by atoms with E-state index in [2.05, 4.69) is 154 Å². The van der Waals surface area contributed by atoms with E-state index in [4.69, 9.17) is 14.2 Å². The molecule has 452 valence electrons. The van der Waals surface area contributed by atoms with Crippen LogP contribution < -0.4 is 0 Å². The highest BCUT2D eigenvalue weighted by atomic mass is 16.6. The molecule has 0 aromatic carbocycles. The molecule has 0 fully saturated rings. The van der Waals surface area contributed by atoms with E-state index in [1.165, 1.54) is 122 Å². The van der Waals surface area contributed by atoms with Crippen molar-refractivity contribution in [3.63, 3.8) is 0 Å². The van der Waals surface area contributed by atoms with Gasteiger partial charge in [-0.05, 0) is 103 Å². The molecule has 0 aromatic rings. The van der Waals surface area contributed by atoms with E-state index in [1.807, 2.05) is 6.08 Å². The Balaban J connectivity index is 4.42. The molecule has 0 amide bonds. The zero-order valence-corrected chi connectivity index (χ0v) is 51.8. The smallest absolute Gasteiger partial charge is 0.309 e. The van der Waals surface area contributed by atoms with Crippen LogP contribution in [-0.2, 0) is 28.6 Å². The average molecular weight is 1110 g/mol. The maximum Gasteiger partial charge on any atom is 0.309 e. The molecule has 0 saturated carbocycles. The third kappa shape index (κ3) is 64.1. The summed E-state index contributed by atoms with van der Waals surface area (Å²) in [6.07, 6.45) is 96.0. The SMILES string of the molecule is CC/C=C\C/C=C\C/C=C\C/C=C\C/C=C\C/C=C\C/C=C\CCCCCCCCCC(=O)OCC(COC(=O)C/C=C\C/C=C\C/C=C\C/C=C\C/C=C\CC)OC(=O)CCCCCCCCCCCCCCCCCCCC. The molecule has 0 aromatic heterocycles. The van der Waals surface area contributed by atoms with Gasteiger partial charge in [-0.1, -0.05) is 308 Å². The molecule has 0 aliphatic rings. The third-order valence-electron chi connectivity index (χ3n) is 13.6. The van der Waals surface area contributed by atoms with Crippen LogP contribution in [0.3, 0.4) is 0 Å².